The summed E-state index contributed by atoms with van der Waals surface area (Å²) in [5.41, 5.74) is 2.81. The van der Waals surface area contributed by atoms with Crippen LogP contribution in [0.5, 0.6) is 0 Å². The van der Waals surface area contributed by atoms with Gasteiger partial charge in [-0.15, -0.1) is 0 Å². The Morgan fingerprint density at radius 2 is 1.77 bits per heavy atom. The van der Waals surface area contributed by atoms with Gasteiger partial charge in [0.1, 0.15) is 6.54 Å². The Bertz CT molecular complexity index is 662. The summed E-state index contributed by atoms with van der Waals surface area (Å²) in [6.45, 7) is 8.87. The molecule has 1 fully saturated rings. The van der Waals surface area contributed by atoms with Gasteiger partial charge in [0.2, 0.25) is 0 Å². The lowest BCUT2D eigenvalue weighted by molar-refractivity contribution is -0.0396. The minimum absolute atomic E-state index is 0.0357. The van der Waals surface area contributed by atoms with Crippen molar-refractivity contribution in [1.29, 1.82) is 0 Å². The van der Waals surface area contributed by atoms with Gasteiger partial charge >= 0.3 is 0 Å². The first-order valence-electron chi connectivity index (χ1n) is 11.4. The third-order valence-electron chi connectivity index (χ3n) is 6.51. The third-order valence-corrected chi connectivity index (χ3v) is 6.51. The molecule has 8 heteroatoms. The molecule has 172 valence electrons. The zero-order valence-electron chi connectivity index (χ0n) is 18.7. The van der Waals surface area contributed by atoms with Crippen molar-refractivity contribution in [3.8, 4) is 0 Å². The molecule has 0 aromatic carbocycles. The molecule has 0 saturated heterocycles. The Morgan fingerprint density at radius 3 is 2.37 bits per heavy atom. The van der Waals surface area contributed by atoms with Gasteiger partial charge in [-0.3, -0.25) is 4.68 Å². The summed E-state index contributed by atoms with van der Waals surface area (Å²) in [5, 5.41) is 11.1. The molecule has 1 aromatic heterocycles. The minimum Gasteiger partial charge on any atom is -0.381 e. The summed E-state index contributed by atoms with van der Waals surface area (Å²) < 4.78 is 41.3. The van der Waals surface area contributed by atoms with Crippen molar-refractivity contribution in [1.82, 2.24) is 20.4 Å². The van der Waals surface area contributed by atoms with Gasteiger partial charge < -0.3 is 20.1 Å². The monoisotopic (exact) mass is 428 g/mol. The van der Waals surface area contributed by atoms with E-state index in [1.54, 1.807) is 4.68 Å². The molecule has 0 unspecified atom stereocenters. The van der Waals surface area contributed by atoms with E-state index in [-0.39, 0.29) is 24.3 Å². The van der Waals surface area contributed by atoms with Gasteiger partial charge in [-0.25, -0.2) is 8.78 Å². The summed E-state index contributed by atoms with van der Waals surface area (Å²) in [7, 11) is 1.92. The number of rotatable bonds is 12. The predicted octanol–water partition coefficient (Wildman–Crippen LogP) is 3.10. The molecule has 2 N–H and O–H groups in total. The average molecular weight is 429 g/mol. The smallest absolute Gasteiger partial charge is 0.272 e. The normalized spacial score (nSPS) is 20.6. The standard InChI is InChI=1S/C22H38F2N4O2/c1-4-29-15-21(16-30-5-2)8-6-17(7-9-21)20-18(13-26-11-10-25-3)27-28-14-22(23,24)12-19(20)28/h17,25-26H,4-16H2,1-3H3. The summed E-state index contributed by atoms with van der Waals surface area (Å²) >= 11 is 0. The van der Waals surface area contributed by atoms with Crippen LogP contribution in [0.25, 0.3) is 0 Å². The van der Waals surface area contributed by atoms with Crippen molar-refractivity contribution in [2.24, 2.45) is 5.41 Å². The molecule has 0 bridgehead atoms. The fourth-order valence-electron chi connectivity index (χ4n) is 4.91. The number of likely N-dealkylation sites (N-methyl/N-ethyl adjacent to an activating group) is 1. The number of aromatic nitrogens is 2. The molecule has 2 heterocycles. The number of nitrogens with zero attached hydrogens (tertiary/aromatic N) is 2. The van der Waals surface area contributed by atoms with Crippen molar-refractivity contribution in [3.05, 3.63) is 17.0 Å². The maximum Gasteiger partial charge on any atom is 0.272 e. The summed E-state index contributed by atoms with van der Waals surface area (Å²) in [4.78, 5) is 0. The number of hydrogen-bond donors (Lipinski definition) is 2. The summed E-state index contributed by atoms with van der Waals surface area (Å²) in [6.07, 6.45) is 3.73. The van der Waals surface area contributed by atoms with Crippen molar-refractivity contribution >= 4 is 0 Å². The van der Waals surface area contributed by atoms with Gasteiger partial charge in [0.25, 0.3) is 5.92 Å². The molecule has 2 aliphatic rings. The zero-order valence-corrected chi connectivity index (χ0v) is 18.7. The van der Waals surface area contributed by atoms with E-state index in [0.29, 0.717) is 33.0 Å². The van der Waals surface area contributed by atoms with Gasteiger partial charge in [0, 0.05) is 49.5 Å². The lowest BCUT2D eigenvalue weighted by Gasteiger charge is -2.40. The van der Waals surface area contributed by atoms with E-state index in [4.69, 9.17) is 9.47 Å². The highest BCUT2D eigenvalue weighted by Gasteiger charge is 2.44. The van der Waals surface area contributed by atoms with E-state index in [9.17, 15) is 8.78 Å². The second-order valence-electron chi connectivity index (χ2n) is 8.83. The Hall–Kier alpha value is -1.09. The number of alkyl halides is 2. The predicted molar refractivity (Wildman–Crippen MR) is 113 cm³/mol. The van der Waals surface area contributed by atoms with Crippen LogP contribution in [0.1, 0.15) is 62.4 Å². The molecule has 1 aliphatic carbocycles. The Balaban J connectivity index is 1.74. The highest BCUT2D eigenvalue weighted by molar-refractivity contribution is 5.34. The number of hydrogen-bond acceptors (Lipinski definition) is 5. The fourth-order valence-corrected chi connectivity index (χ4v) is 4.91. The average Bonchev–Trinajstić information content (AvgIpc) is 3.20. The second-order valence-corrected chi connectivity index (χ2v) is 8.83. The number of nitrogens with one attached hydrogen (secondary N) is 2. The minimum atomic E-state index is -2.68. The lowest BCUT2D eigenvalue weighted by Crippen LogP contribution is -2.36. The first-order valence-corrected chi connectivity index (χ1v) is 11.4. The highest BCUT2D eigenvalue weighted by atomic mass is 19.3. The van der Waals surface area contributed by atoms with Gasteiger partial charge in [-0.05, 0) is 52.5 Å². The Kier molecular flexibility index (Phi) is 8.24. The molecule has 0 spiro atoms. The molecule has 0 atom stereocenters. The van der Waals surface area contributed by atoms with E-state index in [1.807, 2.05) is 20.9 Å². The topological polar surface area (TPSA) is 60.3 Å². The molecule has 1 aliphatic heterocycles. The van der Waals surface area contributed by atoms with Crippen LogP contribution in [0.3, 0.4) is 0 Å². The van der Waals surface area contributed by atoms with Gasteiger partial charge in [-0.1, -0.05) is 0 Å². The maximum atomic E-state index is 14.1. The van der Waals surface area contributed by atoms with E-state index >= 15 is 0 Å². The van der Waals surface area contributed by atoms with Crippen molar-refractivity contribution < 1.29 is 18.3 Å². The molecule has 3 rings (SSSR count). The number of fused-ring (bicyclic) bond motifs is 1. The number of halogens is 2. The van der Waals surface area contributed by atoms with Crippen LogP contribution in [-0.4, -0.2) is 62.3 Å². The molecule has 6 nitrogen and oxygen atoms in total. The van der Waals surface area contributed by atoms with Crippen molar-refractivity contribution in [2.75, 3.05) is 46.6 Å². The van der Waals surface area contributed by atoms with Crippen LogP contribution in [0.4, 0.5) is 8.78 Å². The SMILES string of the molecule is CCOCC1(COCC)CCC(c2c(CNCCNC)nn3c2CC(F)(F)C3)CC1. The fraction of sp³-hybridized carbons (Fsp3) is 0.864. The molecular formula is C22H38F2N4O2. The molecule has 0 radical (unpaired) electrons. The van der Waals surface area contributed by atoms with Crippen LogP contribution in [0, 0.1) is 5.41 Å². The van der Waals surface area contributed by atoms with Crippen LogP contribution in [0.2, 0.25) is 0 Å². The van der Waals surface area contributed by atoms with Gasteiger partial charge in [-0.2, -0.15) is 5.10 Å². The van der Waals surface area contributed by atoms with Crippen LogP contribution < -0.4 is 10.6 Å². The first kappa shape index (κ1) is 23.6. The number of ether oxygens (including phenoxy) is 2. The lowest BCUT2D eigenvalue weighted by atomic mass is 9.69. The van der Waals surface area contributed by atoms with Gasteiger partial charge in [0.15, 0.2) is 0 Å². The van der Waals surface area contributed by atoms with Crippen LogP contribution >= 0.6 is 0 Å². The Morgan fingerprint density at radius 1 is 1.10 bits per heavy atom. The van der Waals surface area contributed by atoms with E-state index < -0.39 is 5.92 Å². The molecule has 0 amide bonds. The summed E-state index contributed by atoms with van der Waals surface area (Å²) in [5.74, 6) is -2.41. The quantitative estimate of drug-likeness (QED) is 0.501. The molecule has 30 heavy (non-hydrogen) atoms. The van der Waals surface area contributed by atoms with Crippen molar-refractivity contribution in [3.63, 3.8) is 0 Å². The third kappa shape index (κ3) is 5.58. The molecule has 1 saturated carbocycles. The van der Waals surface area contributed by atoms with E-state index in [2.05, 4.69) is 15.7 Å². The Labute approximate surface area is 179 Å². The molecule has 1 aromatic rings. The first-order chi connectivity index (χ1) is 14.4. The van der Waals surface area contributed by atoms with Gasteiger partial charge in [0.05, 0.1) is 25.3 Å². The second kappa shape index (κ2) is 10.5. The largest absolute Gasteiger partial charge is 0.381 e. The summed E-state index contributed by atoms with van der Waals surface area (Å²) in [6, 6.07) is 0. The zero-order chi connectivity index (χ0) is 21.6. The molecular weight excluding hydrogens is 390 g/mol. The maximum absolute atomic E-state index is 14.1. The van der Waals surface area contributed by atoms with Crippen molar-refractivity contribution in [2.45, 2.75) is 70.9 Å². The van der Waals surface area contributed by atoms with E-state index in [1.165, 1.54) is 0 Å². The van der Waals surface area contributed by atoms with Crippen LogP contribution in [0.15, 0.2) is 0 Å². The highest BCUT2D eigenvalue weighted by Crippen LogP contribution is 2.47. The van der Waals surface area contributed by atoms with E-state index in [0.717, 1.165) is 55.7 Å². The van der Waals surface area contributed by atoms with Crippen LogP contribution in [-0.2, 0) is 29.0 Å².